The van der Waals surface area contributed by atoms with Crippen LogP contribution >= 0.6 is 12.6 Å². The summed E-state index contributed by atoms with van der Waals surface area (Å²) in [6.07, 6.45) is 0. The predicted molar refractivity (Wildman–Crippen MR) is 45.1 cm³/mol. The van der Waals surface area contributed by atoms with Crippen LogP contribution in [-0.2, 0) is 12.3 Å². The molecule has 5 heteroatoms. The number of H-pyrrole nitrogens is 1. The molecule has 4 nitrogen and oxygen atoms in total. The van der Waals surface area contributed by atoms with Gasteiger partial charge in [-0.15, -0.1) is 0 Å². The zero-order chi connectivity index (χ0) is 8.43. The highest BCUT2D eigenvalue weighted by molar-refractivity contribution is 7.79. The van der Waals surface area contributed by atoms with Gasteiger partial charge in [0.2, 0.25) is 5.88 Å². The van der Waals surface area contributed by atoms with Crippen molar-refractivity contribution in [3.63, 3.8) is 0 Å². The Balaban J connectivity index is 3.29. The molecule has 0 spiro atoms. The summed E-state index contributed by atoms with van der Waals surface area (Å²) in [5.41, 5.74) is 0.259. The molecule has 0 aliphatic carbocycles. The van der Waals surface area contributed by atoms with Gasteiger partial charge < -0.3 is 5.11 Å². The number of aromatic amines is 1. The maximum atomic E-state index is 11.0. The van der Waals surface area contributed by atoms with E-state index >= 15 is 0 Å². The number of rotatable bonds is 2. The number of aromatic nitrogens is 2. The minimum Gasteiger partial charge on any atom is -0.493 e. The lowest BCUT2D eigenvalue weighted by atomic mass is 10.5. The third-order valence-corrected chi connectivity index (χ3v) is 1.84. The summed E-state index contributed by atoms with van der Waals surface area (Å²) in [5.74, 6) is 0.283. The molecule has 2 N–H and O–H groups in total. The lowest BCUT2D eigenvalue weighted by Gasteiger charge is -1.98. The van der Waals surface area contributed by atoms with Gasteiger partial charge in [0, 0.05) is 12.3 Å². The van der Waals surface area contributed by atoms with Crippen LogP contribution in [0.15, 0.2) is 4.79 Å². The van der Waals surface area contributed by atoms with Crippen LogP contribution in [0.1, 0.15) is 12.6 Å². The highest BCUT2D eigenvalue weighted by Gasteiger charge is 2.08. The quantitative estimate of drug-likeness (QED) is 0.566. The van der Waals surface area contributed by atoms with Gasteiger partial charge in [-0.2, -0.15) is 12.6 Å². The fraction of sp³-hybridized carbons (Fsp3) is 0.500. The lowest BCUT2D eigenvalue weighted by molar-refractivity contribution is 0.449. The number of nitrogens with one attached hydrogen (secondary N) is 1. The van der Waals surface area contributed by atoms with E-state index in [1.165, 1.54) is 4.57 Å². The first kappa shape index (κ1) is 8.26. The fourth-order valence-electron chi connectivity index (χ4n) is 0.986. The Hall–Kier alpha value is -0.840. The summed E-state index contributed by atoms with van der Waals surface area (Å²) in [6, 6.07) is 0. The van der Waals surface area contributed by atoms with Crippen LogP contribution in [-0.4, -0.2) is 14.7 Å². The molecule has 0 atom stereocenters. The van der Waals surface area contributed by atoms with Crippen molar-refractivity contribution in [1.82, 2.24) is 9.55 Å². The average Bonchev–Trinajstić information content (AvgIpc) is 2.24. The summed E-state index contributed by atoms with van der Waals surface area (Å²) >= 11 is 3.98. The van der Waals surface area contributed by atoms with E-state index in [1.54, 1.807) is 0 Å². The monoisotopic (exact) mass is 174 g/mol. The number of hydrogen-bond donors (Lipinski definition) is 3. The van der Waals surface area contributed by atoms with Crippen molar-refractivity contribution in [3.8, 4) is 5.88 Å². The van der Waals surface area contributed by atoms with Crippen molar-refractivity contribution in [1.29, 1.82) is 0 Å². The molecule has 11 heavy (non-hydrogen) atoms. The Labute approximate surface area is 69.3 Å². The maximum absolute atomic E-state index is 11.0. The second-order valence-electron chi connectivity index (χ2n) is 2.13. The van der Waals surface area contributed by atoms with Gasteiger partial charge in [0.15, 0.2) is 0 Å². The van der Waals surface area contributed by atoms with Gasteiger partial charge in [-0.05, 0) is 6.92 Å². The number of nitrogens with zero attached hydrogens (tertiary/aromatic N) is 1. The summed E-state index contributed by atoms with van der Waals surface area (Å²) in [6.45, 7) is 2.38. The minimum absolute atomic E-state index is 0.0770. The third kappa shape index (κ3) is 1.28. The molecule has 0 aliphatic rings. The zero-order valence-electron chi connectivity index (χ0n) is 6.16. The average molecular weight is 174 g/mol. The topological polar surface area (TPSA) is 58.0 Å². The van der Waals surface area contributed by atoms with Crippen LogP contribution in [0.3, 0.4) is 0 Å². The van der Waals surface area contributed by atoms with Crippen LogP contribution in [0.25, 0.3) is 0 Å². The van der Waals surface area contributed by atoms with Gasteiger partial charge in [0.25, 0.3) is 0 Å². The molecule has 1 aromatic heterocycles. The zero-order valence-corrected chi connectivity index (χ0v) is 7.06. The summed E-state index contributed by atoms with van der Waals surface area (Å²) in [5, 5.41) is 9.12. The van der Waals surface area contributed by atoms with Gasteiger partial charge in [-0.3, -0.25) is 9.55 Å². The van der Waals surface area contributed by atoms with Crippen LogP contribution in [0.4, 0.5) is 0 Å². The molecule has 1 heterocycles. The first-order chi connectivity index (χ1) is 5.20. The summed E-state index contributed by atoms with van der Waals surface area (Å²) < 4.78 is 1.45. The van der Waals surface area contributed by atoms with Gasteiger partial charge in [0.05, 0.1) is 5.69 Å². The van der Waals surface area contributed by atoms with E-state index in [9.17, 15) is 4.79 Å². The summed E-state index contributed by atoms with van der Waals surface area (Å²) in [7, 11) is 0. The molecule has 0 saturated heterocycles. The Morgan fingerprint density at radius 1 is 1.73 bits per heavy atom. The number of aromatic hydroxyl groups is 1. The number of imidazole rings is 1. The Morgan fingerprint density at radius 3 is 2.73 bits per heavy atom. The van der Waals surface area contributed by atoms with Crippen molar-refractivity contribution in [3.05, 3.63) is 16.2 Å². The summed E-state index contributed by atoms with van der Waals surface area (Å²) in [4.78, 5) is 13.3. The molecule has 0 saturated carbocycles. The van der Waals surface area contributed by atoms with Crippen molar-refractivity contribution < 1.29 is 5.11 Å². The predicted octanol–water partition coefficient (Wildman–Crippen LogP) is 0.332. The van der Waals surface area contributed by atoms with Crippen molar-refractivity contribution in [2.45, 2.75) is 19.2 Å². The van der Waals surface area contributed by atoms with Crippen LogP contribution in [0.2, 0.25) is 0 Å². The van der Waals surface area contributed by atoms with E-state index in [-0.39, 0.29) is 11.6 Å². The first-order valence-corrected chi connectivity index (χ1v) is 3.95. The van der Waals surface area contributed by atoms with Gasteiger partial charge in [-0.1, -0.05) is 0 Å². The lowest BCUT2D eigenvalue weighted by Crippen LogP contribution is -2.17. The van der Waals surface area contributed by atoms with E-state index in [0.29, 0.717) is 18.0 Å². The fourth-order valence-corrected chi connectivity index (χ4v) is 1.31. The second kappa shape index (κ2) is 3.04. The molecule has 0 aliphatic heterocycles. The highest BCUT2D eigenvalue weighted by Crippen LogP contribution is 2.12. The van der Waals surface area contributed by atoms with E-state index in [0.717, 1.165) is 0 Å². The molecular formula is C6H10N2O2S. The van der Waals surface area contributed by atoms with Crippen molar-refractivity contribution >= 4 is 12.6 Å². The van der Waals surface area contributed by atoms with E-state index in [2.05, 4.69) is 17.6 Å². The van der Waals surface area contributed by atoms with E-state index in [1.807, 2.05) is 6.92 Å². The number of hydrogen-bond acceptors (Lipinski definition) is 3. The van der Waals surface area contributed by atoms with Crippen LogP contribution in [0, 0.1) is 0 Å². The smallest absolute Gasteiger partial charge is 0.328 e. The van der Waals surface area contributed by atoms with Crippen molar-refractivity contribution in [2.24, 2.45) is 0 Å². The molecule has 0 aromatic carbocycles. The first-order valence-electron chi connectivity index (χ1n) is 3.32. The van der Waals surface area contributed by atoms with E-state index < -0.39 is 0 Å². The van der Waals surface area contributed by atoms with Gasteiger partial charge >= 0.3 is 5.69 Å². The molecule has 1 aromatic rings. The van der Waals surface area contributed by atoms with Crippen LogP contribution < -0.4 is 5.69 Å². The van der Waals surface area contributed by atoms with Crippen molar-refractivity contribution in [2.75, 3.05) is 0 Å². The molecule has 62 valence electrons. The third-order valence-electron chi connectivity index (χ3n) is 1.54. The molecular weight excluding hydrogens is 164 g/mol. The Bertz CT molecular complexity index is 302. The molecule has 0 bridgehead atoms. The normalized spacial score (nSPS) is 10.4. The molecule has 0 fully saturated rings. The SMILES string of the molecule is CCn1c(CS)c(O)[nH]c1=O. The molecule has 0 radical (unpaired) electrons. The minimum atomic E-state index is -0.283. The Morgan fingerprint density at radius 2 is 2.36 bits per heavy atom. The van der Waals surface area contributed by atoms with E-state index in [4.69, 9.17) is 5.11 Å². The molecule has 0 amide bonds. The van der Waals surface area contributed by atoms with Gasteiger partial charge in [-0.25, -0.2) is 4.79 Å². The van der Waals surface area contributed by atoms with Crippen LogP contribution in [0.5, 0.6) is 5.88 Å². The standard InChI is InChI=1S/C6H10N2O2S/c1-2-8-4(3-11)5(9)7-6(8)10/h9,11H,2-3H2,1H3,(H,7,10). The second-order valence-corrected chi connectivity index (χ2v) is 2.44. The van der Waals surface area contributed by atoms with Gasteiger partial charge in [0.1, 0.15) is 0 Å². The molecule has 1 rings (SSSR count). The molecule has 0 unspecified atom stereocenters. The Kier molecular flexibility index (Phi) is 2.28. The highest BCUT2D eigenvalue weighted by atomic mass is 32.1. The number of thiol groups is 1. The largest absolute Gasteiger partial charge is 0.493 e. The maximum Gasteiger partial charge on any atom is 0.328 e.